The molecule has 3 heterocycles. The summed E-state index contributed by atoms with van der Waals surface area (Å²) in [6, 6.07) is 12.9. The van der Waals surface area contributed by atoms with E-state index in [0.29, 0.717) is 25.9 Å². The molecule has 208 valence electrons. The van der Waals surface area contributed by atoms with Gasteiger partial charge in [-0.3, -0.25) is 9.59 Å². The third-order valence-electron chi connectivity index (χ3n) is 6.99. The lowest BCUT2D eigenvalue weighted by Gasteiger charge is -2.32. The van der Waals surface area contributed by atoms with Gasteiger partial charge in [-0.2, -0.15) is 13.2 Å². The minimum absolute atomic E-state index is 0.0130. The Bertz CT molecular complexity index is 1650. The number of aromatic amines is 1. The number of halogens is 5. The van der Waals surface area contributed by atoms with E-state index in [1.807, 2.05) is 37.3 Å². The summed E-state index contributed by atoms with van der Waals surface area (Å²) in [7, 11) is 0. The summed E-state index contributed by atoms with van der Waals surface area (Å²) in [5, 5.41) is 3.54. The summed E-state index contributed by atoms with van der Waals surface area (Å²) in [4.78, 5) is 37.1. The second-order valence-electron chi connectivity index (χ2n) is 9.67. The summed E-state index contributed by atoms with van der Waals surface area (Å²) in [5.74, 6) is -1.35. The van der Waals surface area contributed by atoms with Crippen LogP contribution in [0.1, 0.15) is 29.7 Å². The van der Waals surface area contributed by atoms with Crippen LogP contribution in [-0.2, 0) is 17.5 Å². The van der Waals surface area contributed by atoms with E-state index in [4.69, 9.17) is 16.6 Å². The van der Waals surface area contributed by atoms with E-state index in [9.17, 15) is 22.8 Å². The number of carbonyl (C=O) groups is 1. The summed E-state index contributed by atoms with van der Waals surface area (Å²) >= 11 is 6.06. The van der Waals surface area contributed by atoms with Gasteiger partial charge in [0.1, 0.15) is 17.5 Å². The molecule has 1 aliphatic heterocycles. The van der Waals surface area contributed by atoms with Gasteiger partial charge in [-0.15, -0.1) is 0 Å². The van der Waals surface area contributed by atoms with Crippen molar-refractivity contribution in [2.24, 2.45) is 5.92 Å². The number of benzene rings is 2. The van der Waals surface area contributed by atoms with Crippen molar-refractivity contribution in [3.8, 4) is 11.4 Å². The molecule has 1 amide bonds. The van der Waals surface area contributed by atoms with Crippen molar-refractivity contribution in [2.75, 3.05) is 18.0 Å². The molecular formula is C28H24ClF4N5O2. The number of para-hydroxylation sites is 1. The number of rotatable bonds is 5. The van der Waals surface area contributed by atoms with E-state index in [1.54, 1.807) is 0 Å². The highest BCUT2D eigenvalue weighted by molar-refractivity contribution is 6.33. The van der Waals surface area contributed by atoms with Crippen molar-refractivity contribution < 1.29 is 22.4 Å². The van der Waals surface area contributed by atoms with Gasteiger partial charge < -0.3 is 15.2 Å². The number of nitrogens with one attached hydrogen (secondary N) is 2. The van der Waals surface area contributed by atoms with Crippen molar-refractivity contribution >= 4 is 34.2 Å². The molecule has 0 bridgehead atoms. The first-order valence-corrected chi connectivity index (χ1v) is 12.9. The molecule has 0 atom stereocenters. The van der Waals surface area contributed by atoms with Crippen LogP contribution in [0.25, 0.3) is 22.3 Å². The zero-order chi connectivity index (χ0) is 28.6. The number of amides is 1. The van der Waals surface area contributed by atoms with Crippen molar-refractivity contribution in [3.63, 3.8) is 0 Å². The maximum atomic E-state index is 15.4. The van der Waals surface area contributed by atoms with Gasteiger partial charge >= 0.3 is 6.18 Å². The first-order chi connectivity index (χ1) is 19.0. The van der Waals surface area contributed by atoms with Gasteiger partial charge in [0.2, 0.25) is 5.91 Å². The lowest BCUT2D eigenvalue weighted by atomic mass is 9.95. The van der Waals surface area contributed by atoms with Gasteiger partial charge in [0.25, 0.3) is 5.56 Å². The molecule has 2 N–H and O–H groups in total. The fourth-order valence-corrected chi connectivity index (χ4v) is 5.06. The number of carbonyl (C=O) groups excluding carboxylic acids is 1. The highest BCUT2D eigenvalue weighted by atomic mass is 35.5. The highest BCUT2D eigenvalue weighted by Crippen LogP contribution is 2.33. The number of aryl methyl sites for hydroxylation is 1. The molecule has 1 saturated heterocycles. The summed E-state index contributed by atoms with van der Waals surface area (Å²) in [6.07, 6.45) is -3.76. The maximum Gasteiger partial charge on any atom is 0.433 e. The van der Waals surface area contributed by atoms with Crippen molar-refractivity contribution in [2.45, 2.75) is 32.5 Å². The Kier molecular flexibility index (Phi) is 7.50. The number of anilines is 1. The molecule has 0 spiro atoms. The smallest absolute Gasteiger partial charge is 0.357 e. The second kappa shape index (κ2) is 10.9. The van der Waals surface area contributed by atoms with Crippen LogP contribution in [0.15, 0.2) is 53.3 Å². The summed E-state index contributed by atoms with van der Waals surface area (Å²) in [5.41, 5.74) is -1.05. The van der Waals surface area contributed by atoms with Crippen LogP contribution in [0.5, 0.6) is 0 Å². The number of fused-ring (bicyclic) bond motifs is 1. The average Bonchev–Trinajstić information content (AvgIpc) is 2.92. The number of hydrogen-bond donors (Lipinski definition) is 2. The third kappa shape index (κ3) is 5.65. The number of nitrogens with zero attached hydrogens (tertiary/aromatic N) is 3. The Balaban J connectivity index is 1.26. The molecule has 2 aromatic heterocycles. The quantitative estimate of drug-likeness (QED) is 0.302. The third-order valence-corrected chi connectivity index (χ3v) is 7.31. The Hall–Kier alpha value is -3.99. The molecule has 2 aromatic carbocycles. The molecule has 12 heteroatoms. The van der Waals surface area contributed by atoms with E-state index >= 15 is 4.39 Å². The number of pyridine rings is 1. The second-order valence-corrected chi connectivity index (χ2v) is 10.1. The Morgan fingerprint density at radius 2 is 1.88 bits per heavy atom. The van der Waals surface area contributed by atoms with E-state index in [-0.39, 0.29) is 35.0 Å². The number of aromatic nitrogens is 3. The van der Waals surface area contributed by atoms with E-state index in [0.717, 1.165) is 22.3 Å². The van der Waals surface area contributed by atoms with E-state index in [2.05, 4.69) is 20.2 Å². The number of H-pyrrole nitrogens is 1. The van der Waals surface area contributed by atoms with Gasteiger partial charge in [-0.05, 0) is 43.5 Å². The van der Waals surface area contributed by atoms with Crippen LogP contribution in [0.2, 0.25) is 5.02 Å². The summed E-state index contributed by atoms with van der Waals surface area (Å²) < 4.78 is 54.8. The van der Waals surface area contributed by atoms with Crippen LogP contribution >= 0.6 is 11.6 Å². The average molecular weight is 574 g/mol. The van der Waals surface area contributed by atoms with Gasteiger partial charge in [0.15, 0.2) is 5.69 Å². The van der Waals surface area contributed by atoms with Crippen molar-refractivity contribution in [3.05, 3.63) is 86.5 Å². The van der Waals surface area contributed by atoms with Gasteiger partial charge in [0, 0.05) is 42.6 Å². The van der Waals surface area contributed by atoms with Crippen LogP contribution in [0.3, 0.4) is 0 Å². The fraction of sp³-hybridized carbons (Fsp3) is 0.286. The Morgan fingerprint density at radius 3 is 2.60 bits per heavy atom. The monoisotopic (exact) mass is 573 g/mol. The Morgan fingerprint density at radius 1 is 1.12 bits per heavy atom. The molecule has 0 unspecified atom stereocenters. The minimum atomic E-state index is -4.91. The highest BCUT2D eigenvalue weighted by Gasteiger charge is 2.34. The molecule has 0 radical (unpaired) electrons. The van der Waals surface area contributed by atoms with Gasteiger partial charge in [0.05, 0.1) is 16.1 Å². The van der Waals surface area contributed by atoms with E-state index in [1.165, 1.54) is 12.1 Å². The molecule has 1 fully saturated rings. The molecule has 7 nitrogen and oxygen atoms in total. The predicted molar refractivity (Wildman–Crippen MR) is 144 cm³/mol. The first kappa shape index (κ1) is 27.6. The topological polar surface area (TPSA) is 91.0 Å². The van der Waals surface area contributed by atoms with Gasteiger partial charge in [-0.25, -0.2) is 14.4 Å². The molecule has 5 rings (SSSR count). The number of piperidine rings is 1. The fourth-order valence-electron chi connectivity index (χ4n) is 4.83. The largest absolute Gasteiger partial charge is 0.433 e. The number of alkyl halides is 3. The zero-order valence-electron chi connectivity index (χ0n) is 21.3. The molecule has 40 heavy (non-hydrogen) atoms. The predicted octanol–water partition coefficient (Wildman–Crippen LogP) is 5.64. The van der Waals surface area contributed by atoms with Gasteiger partial charge in [-0.1, -0.05) is 35.9 Å². The van der Waals surface area contributed by atoms with Crippen LogP contribution < -0.4 is 15.8 Å². The van der Waals surface area contributed by atoms with Crippen molar-refractivity contribution in [1.29, 1.82) is 0 Å². The molecule has 1 aliphatic rings. The Labute approximate surface area is 231 Å². The lowest BCUT2D eigenvalue weighted by Crippen LogP contribution is -2.40. The number of hydrogen-bond acceptors (Lipinski definition) is 5. The van der Waals surface area contributed by atoms with E-state index < -0.39 is 34.6 Å². The molecule has 0 aliphatic carbocycles. The minimum Gasteiger partial charge on any atom is -0.357 e. The molecule has 4 aromatic rings. The van der Waals surface area contributed by atoms with Crippen LogP contribution in [0, 0.1) is 18.7 Å². The SMILES string of the molecule is Cc1cccc2ccc(N3CCC(C(=O)NCc4ccc(Cl)c(-c5nc(C(F)(F)F)cc(=O)[nH]5)c4F)CC3)nc12. The summed E-state index contributed by atoms with van der Waals surface area (Å²) in [6.45, 7) is 3.04. The van der Waals surface area contributed by atoms with Crippen molar-refractivity contribution in [1.82, 2.24) is 20.3 Å². The first-order valence-electron chi connectivity index (χ1n) is 12.6. The van der Waals surface area contributed by atoms with Crippen LogP contribution in [0.4, 0.5) is 23.4 Å². The van der Waals surface area contributed by atoms with Crippen LogP contribution in [-0.4, -0.2) is 33.9 Å². The maximum absolute atomic E-state index is 15.4. The lowest BCUT2D eigenvalue weighted by molar-refractivity contribution is -0.141. The normalized spacial score (nSPS) is 14.5. The molecular weight excluding hydrogens is 550 g/mol. The molecule has 0 saturated carbocycles. The standard InChI is InChI=1S/C28H24ClF4N5O2/c1-15-3-2-4-16-6-8-21(36-25(15)16)38-11-9-17(10-12-38)27(40)34-14-18-5-7-19(29)23(24(18)30)26-35-20(28(31,32)33)13-22(39)37-26/h2-8,13,17H,9-12,14H2,1H3,(H,34,40)(H,35,37,39). The zero-order valence-corrected chi connectivity index (χ0v) is 22.0.